The lowest BCUT2D eigenvalue weighted by Gasteiger charge is -2.02. The first-order chi connectivity index (χ1) is 5.72. The normalized spacial score (nSPS) is 9.50. The highest BCUT2D eigenvalue weighted by Gasteiger charge is 1.96. The number of carbonyl (C=O) groups is 1. The summed E-state index contributed by atoms with van der Waals surface area (Å²) >= 11 is 11.4. The third-order valence-corrected chi connectivity index (χ3v) is 1.69. The van der Waals surface area contributed by atoms with Gasteiger partial charge < -0.3 is 10.1 Å². The summed E-state index contributed by atoms with van der Waals surface area (Å²) in [6.45, 7) is 0.261. The molecule has 4 heteroatoms. The predicted molar refractivity (Wildman–Crippen MR) is 51.0 cm³/mol. The van der Waals surface area contributed by atoms with E-state index in [0.29, 0.717) is 10.0 Å². The topological polar surface area (TPSA) is 29.1 Å². The summed E-state index contributed by atoms with van der Waals surface area (Å²) in [5.41, 5.74) is 0.750. The van der Waals surface area contributed by atoms with Crippen LogP contribution in [0, 0.1) is 0 Å². The maximum Gasteiger partial charge on any atom is 0.139 e. The van der Waals surface area contributed by atoms with Gasteiger partial charge in [0.15, 0.2) is 0 Å². The lowest BCUT2D eigenvalue weighted by molar-refractivity contribution is -0.106. The predicted octanol–water partition coefficient (Wildman–Crippen LogP) is 2.60. The van der Waals surface area contributed by atoms with E-state index in [1.165, 1.54) is 0 Å². The molecule has 1 N–H and O–H groups in total. The highest BCUT2D eigenvalue weighted by Crippen LogP contribution is 2.21. The van der Waals surface area contributed by atoms with Crippen LogP contribution in [0.15, 0.2) is 18.2 Å². The van der Waals surface area contributed by atoms with Gasteiger partial charge in [-0.05, 0) is 18.2 Å². The highest BCUT2D eigenvalue weighted by atomic mass is 35.5. The maximum atomic E-state index is 10.0. The standard InChI is InChI=1S/C8H7Cl2NO/c9-6-3-7(10)5-8(4-6)11-1-2-12/h2-5,11H,1H2. The monoisotopic (exact) mass is 203 g/mol. The van der Waals surface area contributed by atoms with Gasteiger partial charge in [0.2, 0.25) is 0 Å². The third kappa shape index (κ3) is 2.72. The molecule has 0 saturated carbocycles. The number of benzene rings is 1. The molecule has 0 fully saturated rings. The Bertz CT molecular complexity index is 268. The van der Waals surface area contributed by atoms with Crippen LogP contribution in [0.2, 0.25) is 10.0 Å². The molecule has 1 aromatic carbocycles. The fourth-order valence-electron chi connectivity index (χ4n) is 0.815. The molecule has 0 saturated heterocycles. The van der Waals surface area contributed by atoms with Crippen LogP contribution in [-0.2, 0) is 4.79 Å². The minimum atomic E-state index is 0.261. The summed E-state index contributed by atoms with van der Waals surface area (Å²) in [5.74, 6) is 0. The largest absolute Gasteiger partial charge is 0.378 e. The summed E-state index contributed by atoms with van der Waals surface area (Å²) in [5, 5.41) is 3.94. The van der Waals surface area contributed by atoms with E-state index in [9.17, 15) is 4.79 Å². The number of carbonyl (C=O) groups excluding carboxylic acids is 1. The first-order valence-electron chi connectivity index (χ1n) is 3.36. The molecule has 0 unspecified atom stereocenters. The molecule has 1 rings (SSSR count). The second-order valence-corrected chi connectivity index (χ2v) is 3.08. The number of nitrogens with one attached hydrogen (secondary N) is 1. The summed E-state index contributed by atoms with van der Waals surface area (Å²) in [6, 6.07) is 5.04. The lowest BCUT2D eigenvalue weighted by Crippen LogP contribution is -2.01. The molecule has 2 nitrogen and oxygen atoms in total. The first kappa shape index (κ1) is 9.36. The summed E-state index contributed by atoms with van der Waals surface area (Å²) in [7, 11) is 0. The van der Waals surface area contributed by atoms with Gasteiger partial charge in [0.25, 0.3) is 0 Å². The zero-order valence-corrected chi connectivity index (χ0v) is 7.69. The Morgan fingerprint density at radius 3 is 2.33 bits per heavy atom. The Hall–Kier alpha value is -0.730. The average molecular weight is 204 g/mol. The van der Waals surface area contributed by atoms with E-state index in [-0.39, 0.29) is 6.54 Å². The zero-order chi connectivity index (χ0) is 8.97. The Morgan fingerprint density at radius 2 is 1.83 bits per heavy atom. The molecule has 0 aromatic heterocycles. The van der Waals surface area contributed by atoms with E-state index < -0.39 is 0 Å². The number of hydrogen-bond donors (Lipinski definition) is 1. The molecule has 0 aliphatic carbocycles. The van der Waals surface area contributed by atoms with Gasteiger partial charge in [-0.2, -0.15) is 0 Å². The Labute approximate surface area is 80.5 Å². The fourth-order valence-corrected chi connectivity index (χ4v) is 1.34. The van der Waals surface area contributed by atoms with Crippen molar-refractivity contribution in [2.45, 2.75) is 0 Å². The number of halogens is 2. The number of hydrogen-bond acceptors (Lipinski definition) is 2. The molecule has 0 amide bonds. The van der Waals surface area contributed by atoms with E-state index in [1.807, 2.05) is 0 Å². The number of rotatable bonds is 3. The lowest BCUT2D eigenvalue weighted by atomic mass is 10.3. The van der Waals surface area contributed by atoms with Crippen molar-refractivity contribution in [2.75, 3.05) is 11.9 Å². The van der Waals surface area contributed by atoms with Crippen LogP contribution >= 0.6 is 23.2 Å². The van der Waals surface area contributed by atoms with E-state index >= 15 is 0 Å². The number of anilines is 1. The second kappa shape index (κ2) is 4.33. The quantitative estimate of drug-likeness (QED) is 0.766. The van der Waals surface area contributed by atoms with Crippen LogP contribution in [0.4, 0.5) is 5.69 Å². The highest BCUT2D eigenvalue weighted by molar-refractivity contribution is 6.35. The first-order valence-corrected chi connectivity index (χ1v) is 4.11. The van der Waals surface area contributed by atoms with Crippen molar-refractivity contribution in [3.05, 3.63) is 28.2 Å². The zero-order valence-electron chi connectivity index (χ0n) is 6.18. The molecule has 0 radical (unpaired) electrons. The van der Waals surface area contributed by atoms with E-state index in [0.717, 1.165) is 12.0 Å². The minimum Gasteiger partial charge on any atom is -0.378 e. The summed E-state index contributed by atoms with van der Waals surface area (Å²) < 4.78 is 0. The summed E-state index contributed by atoms with van der Waals surface area (Å²) in [6.07, 6.45) is 0.773. The molecule has 64 valence electrons. The Kier molecular flexibility index (Phi) is 3.38. The molecular weight excluding hydrogens is 197 g/mol. The van der Waals surface area contributed by atoms with Crippen molar-refractivity contribution in [1.29, 1.82) is 0 Å². The van der Waals surface area contributed by atoms with Gasteiger partial charge in [-0.15, -0.1) is 0 Å². The van der Waals surface area contributed by atoms with Crippen molar-refractivity contribution >= 4 is 35.2 Å². The second-order valence-electron chi connectivity index (χ2n) is 2.21. The van der Waals surface area contributed by atoms with Crippen LogP contribution in [0.5, 0.6) is 0 Å². The molecule has 0 aliphatic rings. The van der Waals surface area contributed by atoms with Crippen LogP contribution in [0.3, 0.4) is 0 Å². The van der Waals surface area contributed by atoms with E-state index in [1.54, 1.807) is 18.2 Å². The van der Waals surface area contributed by atoms with Crippen LogP contribution in [0.1, 0.15) is 0 Å². The van der Waals surface area contributed by atoms with E-state index in [2.05, 4.69) is 5.32 Å². The summed E-state index contributed by atoms with van der Waals surface area (Å²) in [4.78, 5) is 10.0. The SMILES string of the molecule is O=CCNc1cc(Cl)cc(Cl)c1. The third-order valence-electron chi connectivity index (χ3n) is 1.25. The van der Waals surface area contributed by atoms with Crippen LogP contribution in [-0.4, -0.2) is 12.8 Å². The Morgan fingerprint density at radius 1 is 1.25 bits per heavy atom. The molecule has 1 aromatic rings. The van der Waals surface area contributed by atoms with Gasteiger partial charge in [0.05, 0.1) is 6.54 Å². The van der Waals surface area contributed by atoms with Crippen LogP contribution in [0.25, 0.3) is 0 Å². The molecule has 0 heterocycles. The van der Waals surface area contributed by atoms with E-state index in [4.69, 9.17) is 23.2 Å². The van der Waals surface area contributed by atoms with Crippen molar-refractivity contribution in [3.8, 4) is 0 Å². The average Bonchev–Trinajstić information content (AvgIpc) is 1.99. The Balaban J connectivity index is 2.78. The van der Waals surface area contributed by atoms with Gasteiger partial charge >= 0.3 is 0 Å². The van der Waals surface area contributed by atoms with Gasteiger partial charge in [-0.1, -0.05) is 23.2 Å². The molecule has 0 atom stereocenters. The van der Waals surface area contributed by atoms with Crippen molar-refractivity contribution < 1.29 is 4.79 Å². The molecule has 0 aliphatic heterocycles. The van der Waals surface area contributed by atoms with Gasteiger partial charge in [-0.3, -0.25) is 0 Å². The molecule has 0 bridgehead atoms. The molecular formula is C8H7Cl2NO. The van der Waals surface area contributed by atoms with Crippen molar-refractivity contribution in [2.24, 2.45) is 0 Å². The molecule has 12 heavy (non-hydrogen) atoms. The van der Waals surface area contributed by atoms with Gasteiger partial charge in [0, 0.05) is 15.7 Å². The smallest absolute Gasteiger partial charge is 0.139 e. The van der Waals surface area contributed by atoms with Gasteiger partial charge in [-0.25, -0.2) is 0 Å². The van der Waals surface area contributed by atoms with Gasteiger partial charge in [0.1, 0.15) is 6.29 Å². The van der Waals surface area contributed by atoms with Crippen LogP contribution < -0.4 is 5.32 Å². The maximum absolute atomic E-state index is 10.0. The number of aldehydes is 1. The van der Waals surface area contributed by atoms with Crippen molar-refractivity contribution in [1.82, 2.24) is 0 Å². The van der Waals surface area contributed by atoms with Crippen molar-refractivity contribution in [3.63, 3.8) is 0 Å². The fraction of sp³-hybridized carbons (Fsp3) is 0.125. The minimum absolute atomic E-state index is 0.261. The molecule has 0 spiro atoms.